The highest BCUT2D eigenvalue weighted by molar-refractivity contribution is 5.67. The van der Waals surface area contributed by atoms with E-state index in [2.05, 4.69) is 230 Å². The largest absolute Gasteiger partial charge is 0.396 e. The molecule has 0 spiro atoms. The quantitative estimate of drug-likeness (QED) is 0.0182. The van der Waals surface area contributed by atoms with Crippen LogP contribution in [0.25, 0.3) is 28.2 Å². The van der Waals surface area contributed by atoms with E-state index in [9.17, 15) is 30.6 Å². The van der Waals surface area contributed by atoms with E-state index in [-0.39, 0.29) is 36.7 Å². The Kier molecular flexibility index (Phi) is 34.8. The number of fused-ring (bicyclic) bond motifs is 5. The molecule has 0 bridgehead atoms. The molecule has 758 valence electrons. The SMILES string of the molecule is CC(C)c1cnn2c(NCC3CCCCC3)cc(NC[C@]3(O)CCNC[C@H]3O)nc12.CC(C)c1cnn2c(NCC3CCCCC3)cc(N[C@H]3CNC[C@H]3O)nc12.CC(C)c1cnn2c(NCc3ccccc3)cc(NC[C@@]3(CO)CCNC3)nc12.CC(C)c1cnn2c(NCc3ccccc3)cc(N[C@H]3CNC[C@H]3O)nc12.Cc1ccc(CNc2cc(N[C@H]3CNC[C@H]3O)nc3c(C(C)C)cnn23)cc1. The smallest absolute Gasteiger partial charge is 0.163 e. The number of aryl methyl sites for hydroxylation is 1. The summed E-state index contributed by atoms with van der Waals surface area (Å²) in [6.45, 7) is 35.6. The first kappa shape index (κ1) is 102. The molecule has 3 aromatic carbocycles. The third-order valence-electron chi connectivity index (χ3n) is 28.6. The normalized spacial score (nSPS) is 21.6. The zero-order chi connectivity index (χ0) is 98.7. The molecule has 36 nitrogen and oxygen atoms in total. The molecule has 5 aliphatic heterocycles. The summed E-state index contributed by atoms with van der Waals surface area (Å²) in [7, 11) is 0. The fourth-order valence-corrected chi connectivity index (χ4v) is 19.5. The number of aromatic nitrogens is 15. The summed E-state index contributed by atoms with van der Waals surface area (Å²) >= 11 is 0. The van der Waals surface area contributed by atoms with E-state index in [0.29, 0.717) is 107 Å². The lowest BCUT2D eigenvalue weighted by atomic mass is 9.88. The summed E-state index contributed by atoms with van der Waals surface area (Å²) in [4.78, 5) is 24.0. The molecular formula is C105H152N30O6. The number of hydrogen-bond donors (Lipinski definition) is 21. The van der Waals surface area contributed by atoms with Crippen LogP contribution in [-0.4, -0.2) is 250 Å². The molecule has 0 amide bonds. The van der Waals surface area contributed by atoms with Crippen LogP contribution < -0.4 is 79.8 Å². The number of aliphatic hydroxyl groups excluding tert-OH is 5. The minimum atomic E-state index is -1.16. The maximum Gasteiger partial charge on any atom is 0.163 e. The molecule has 15 heterocycles. The van der Waals surface area contributed by atoms with Crippen LogP contribution in [-0.2, 0) is 19.6 Å². The first-order chi connectivity index (χ1) is 68.3. The Morgan fingerprint density at radius 1 is 0.362 bits per heavy atom. The first-order valence-electron chi connectivity index (χ1n) is 51.4. The standard InChI is InChI=1S/C22H36N6O2.C22H30N6O.C21H28N6O.C20H32N6O.C20H26N6O/c1-15(2)17-12-26-28-20(24-11-16-6-4-3-5-7-16)10-19(27-21(17)28)25-14-22(30)8-9-23-13-18(22)29;1-16(2)18-12-26-28-20(24-11-17-6-4-3-5-7-17)10-19(27-21(18)28)25-14-22(15-29)8-9-23-13-22;1-13(2)16-10-24-27-20(23-9-15-6-4-14(3)5-7-15)8-19(26-21(16)27)25-17-11-22-12-18(17)28;2*1-13(2)15-10-23-26-19(22-9-14-6-4-3-5-7-14)8-18(25-20(15)26)24-16-11-21-12-17(16)27/h10,12,15-16,18,23-24,29-30H,3-9,11,13-14H2,1-2H3,(H,25,27);3-7,10,12,16,23-24,29H,8-9,11,13-15H2,1-2H3,(H,25,27);4-8,10,13,17-18,22-23,28H,9,11-12H2,1-3H3,(H,25,26);8,10,13-14,16-17,21-22,27H,3-7,9,11-12H2,1-2H3,(H,24,25);3-8,10,13,16-17,21-22,27H,9,11-12H2,1-2H3,(H,24,25)/t18-,22-;22-;17-,18+;2*16-,17+/m11000/s1. The van der Waals surface area contributed by atoms with Crippen LogP contribution >= 0.6 is 0 Å². The Morgan fingerprint density at radius 2 is 0.688 bits per heavy atom. The second-order valence-electron chi connectivity index (χ2n) is 41.2. The number of piperidine rings is 1. The molecule has 36 heteroatoms. The topological polar surface area (TPSA) is 453 Å². The molecule has 0 radical (unpaired) electrons. The number of nitrogens with zero attached hydrogens (tertiary/aromatic N) is 15. The lowest BCUT2D eigenvalue weighted by Crippen LogP contribution is -2.57. The molecule has 2 saturated carbocycles. The van der Waals surface area contributed by atoms with Crippen LogP contribution in [0.15, 0.2) is 146 Å². The van der Waals surface area contributed by atoms with Gasteiger partial charge in [0, 0.05) is 162 Å². The van der Waals surface area contributed by atoms with E-state index >= 15 is 0 Å². The van der Waals surface area contributed by atoms with Gasteiger partial charge in [0.1, 0.15) is 63.8 Å². The maximum atomic E-state index is 10.8. The van der Waals surface area contributed by atoms with Crippen molar-refractivity contribution in [3.05, 3.63) is 196 Å². The molecular weight excluding hydrogens is 1780 g/mol. The zero-order valence-electron chi connectivity index (χ0n) is 84.0. The molecule has 13 aromatic rings. The van der Waals surface area contributed by atoms with Crippen LogP contribution in [0.1, 0.15) is 226 Å². The second-order valence-corrected chi connectivity index (χ2v) is 41.2. The summed E-state index contributed by atoms with van der Waals surface area (Å²) in [5, 5.41) is 135. The van der Waals surface area contributed by atoms with E-state index in [1.807, 2.05) is 120 Å². The highest BCUT2D eigenvalue weighted by Crippen LogP contribution is 2.35. The van der Waals surface area contributed by atoms with Crippen molar-refractivity contribution in [2.75, 3.05) is 151 Å². The Hall–Kier alpha value is -11.7. The minimum Gasteiger partial charge on any atom is -0.396 e. The summed E-state index contributed by atoms with van der Waals surface area (Å²) in [5.74, 6) is 11.4. The summed E-state index contributed by atoms with van der Waals surface area (Å²) < 4.78 is 9.40. The Bertz CT molecular complexity index is 6130. The van der Waals surface area contributed by atoms with Crippen molar-refractivity contribution in [2.24, 2.45) is 17.3 Å². The van der Waals surface area contributed by atoms with Gasteiger partial charge in [-0.05, 0) is 117 Å². The summed E-state index contributed by atoms with van der Waals surface area (Å²) in [6.07, 6.45) is 22.2. The molecule has 141 heavy (non-hydrogen) atoms. The van der Waals surface area contributed by atoms with E-state index < -0.39 is 30.0 Å². The van der Waals surface area contributed by atoms with Crippen molar-refractivity contribution in [2.45, 2.75) is 251 Å². The lowest BCUT2D eigenvalue weighted by molar-refractivity contribution is -0.0820. The third-order valence-corrected chi connectivity index (χ3v) is 28.6. The van der Waals surface area contributed by atoms with Crippen LogP contribution in [0.4, 0.5) is 58.2 Å². The molecule has 9 atom stereocenters. The molecule has 7 fully saturated rings. The van der Waals surface area contributed by atoms with Gasteiger partial charge in [0.2, 0.25) is 0 Å². The average molecular weight is 1930 g/mol. The van der Waals surface area contributed by atoms with Gasteiger partial charge in [0.05, 0.1) is 80.1 Å². The number of aliphatic hydroxyl groups is 6. The molecule has 5 saturated heterocycles. The van der Waals surface area contributed by atoms with E-state index in [1.165, 1.54) is 86.5 Å². The molecule has 7 aliphatic rings. The first-order valence-corrected chi connectivity index (χ1v) is 51.4. The fraction of sp³-hybridized carbons (Fsp3) is 0.543. The monoisotopic (exact) mass is 1930 g/mol. The molecule has 10 aromatic heterocycles. The van der Waals surface area contributed by atoms with Gasteiger partial charge in [-0.2, -0.15) is 48.1 Å². The van der Waals surface area contributed by atoms with E-state index in [4.69, 9.17) is 24.9 Å². The third kappa shape index (κ3) is 26.1. The van der Waals surface area contributed by atoms with Crippen molar-refractivity contribution in [1.82, 2.24) is 99.6 Å². The van der Waals surface area contributed by atoms with Gasteiger partial charge in [-0.3, -0.25) is 0 Å². The highest BCUT2D eigenvalue weighted by atomic mass is 16.3. The van der Waals surface area contributed by atoms with Gasteiger partial charge in [-0.25, -0.2) is 24.9 Å². The number of hydrogen-bond acceptors (Lipinski definition) is 31. The van der Waals surface area contributed by atoms with Gasteiger partial charge < -0.3 is 110 Å². The van der Waals surface area contributed by atoms with Crippen molar-refractivity contribution < 1.29 is 30.6 Å². The Balaban J connectivity index is 0.000000127. The Morgan fingerprint density at radius 3 is 1.01 bits per heavy atom. The molecule has 2 aliphatic carbocycles. The van der Waals surface area contributed by atoms with Gasteiger partial charge >= 0.3 is 0 Å². The zero-order valence-corrected chi connectivity index (χ0v) is 84.0. The minimum absolute atomic E-state index is 0.0171. The van der Waals surface area contributed by atoms with Gasteiger partial charge in [0.25, 0.3) is 0 Å². The predicted octanol–water partition coefficient (Wildman–Crippen LogP) is 12.5. The number of rotatable bonds is 33. The lowest BCUT2D eigenvalue weighted by Gasteiger charge is -2.37. The van der Waals surface area contributed by atoms with Crippen molar-refractivity contribution >= 4 is 86.4 Å². The maximum absolute atomic E-state index is 10.8. The summed E-state index contributed by atoms with van der Waals surface area (Å²) in [6, 6.07) is 38.9. The average Bonchev–Trinajstić information content (AvgIpc) is 1.66. The summed E-state index contributed by atoms with van der Waals surface area (Å²) in [5.41, 5.74) is 13.4. The van der Waals surface area contributed by atoms with Crippen LogP contribution in [0.5, 0.6) is 0 Å². The number of anilines is 10. The van der Waals surface area contributed by atoms with Crippen molar-refractivity contribution in [3.63, 3.8) is 0 Å². The predicted molar refractivity (Wildman–Crippen MR) is 563 cm³/mol. The van der Waals surface area contributed by atoms with E-state index in [0.717, 1.165) is 167 Å². The number of β-amino-alcohol motifs (C(OH)–C–C–N with tert-alkyl or cyclic N) is 4. The van der Waals surface area contributed by atoms with Gasteiger partial charge in [-0.15, -0.1) is 0 Å². The van der Waals surface area contributed by atoms with Crippen molar-refractivity contribution in [1.29, 1.82) is 0 Å². The number of benzene rings is 3. The van der Waals surface area contributed by atoms with Crippen LogP contribution in [0.3, 0.4) is 0 Å². The molecule has 20 rings (SSSR count). The van der Waals surface area contributed by atoms with Gasteiger partial charge in [-0.1, -0.05) is 198 Å². The molecule has 0 unspecified atom stereocenters. The second kappa shape index (κ2) is 47.9. The van der Waals surface area contributed by atoms with Crippen LogP contribution in [0.2, 0.25) is 0 Å². The van der Waals surface area contributed by atoms with Crippen molar-refractivity contribution in [3.8, 4) is 0 Å². The van der Waals surface area contributed by atoms with Gasteiger partial charge in [0.15, 0.2) is 28.2 Å². The van der Waals surface area contributed by atoms with E-state index in [1.54, 1.807) is 0 Å². The highest BCUT2D eigenvalue weighted by Gasteiger charge is 2.39. The van der Waals surface area contributed by atoms with Crippen LogP contribution in [0, 0.1) is 24.2 Å². The Labute approximate surface area is 827 Å². The fourth-order valence-electron chi connectivity index (χ4n) is 19.5. The molecule has 21 N–H and O–H groups in total. The number of nitrogens with one attached hydrogen (secondary N) is 15.